The number of anilines is 1. The molecule has 4 N–H and O–H groups in total. The van der Waals surface area contributed by atoms with Gasteiger partial charge in [-0.3, -0.25) is 4.79 Å². The number of fused-ring (bicyclic) bond motifs is 1. The van der Waals surface area contributed by atoms with Crippen molar-refractivity contribution in [1.29, 1.82) is 0 Å². The second-order valence-electron chi connectivity index (χ2n) is 6.07. The van der Waals surface area contributed by atoms with E-state index in [0.29, 0.717) is 18.1 Å². The predicted molar refractivity (Wildman–Crippen MR) is 104 cm³/mol. The average molecular weight is 342 g/mol. The molecule has 4 aromatic rings. The van der Waals surface area contributed by atoms with Crippen LogP contribution < -0.4 is 11.1 Å². The van der Waals surface area contributed by atoms with Gasteiger partial charge in [-0.25, -0.2) is 4.98 Å². The highest BCUT2D eigenvalue weighted by molar-refractivity contribution is 6.01. The van der Waals surface area contributed by atoms with Gasteiger partial charge in [-0.2, -0.15) is 0 Å². The molecule has 0 spiro atoms. The third-order valence-corrected chi connectivity index (χ3v) is 4.28. The molecule has 0 fully saturated rings. The van der Waals surface area contributed by atoms with E-state index in [9.17, 15) is 4.79 Å². The number of benzene rings is 3. The van der Waals surface area contributed by atoms with E-state index in [-0.39, 0.29) is 5.91 Å². The van der Waals surface area contributed by atoms with Crippen LogP contribution in [0.4, 0.5) is 5.95 Å². The van der Waals surface area contributed by atoms with Crippen LogP contribution in [-0.2, 0) is 6.54 Å². The summed E-state index contributed by atoms with van der Waals surface area (Å²) in [6.07, 6.45) is 0. The third kappa shape index (κ3) is 3.15. The fourth-order valence-corrected chi connectivity index (χ4v) is 3.00. The van der Waals surface area contributed by atoms with Gasteiger partial charge in [0.1, 0.15) is 0 Å². The molecule has 26 heavy (non-hydrogen) atoms. The largest absolute Gasteiger partial charge is 0.369 e. The molecule has 1 aromatic heterocycles. The molecule has 4 rings (SSSR count). The molecule has 0 unspecified atom stereocenters. The second-order valence-corrected chi connectivity index (χ2v) is 6.07. The SMILES string of the molecule is Nc1nc2ccc(-c3ccccc3C(=O)NCc3ccccc3)cc2[nH]1. The quantitative estimate of drug-likeness (QED) is 0.528. The van der Waals surface area contributed by atoms with Gasteiger partial charge in [0.15, 0.2) is 5.95 Å². The maximum atomic E-state index is 12.7. The first kappa shape index (κ1) is 15.9. The van der Waals surface area contributed by atoms with Crippen molar-refractivity contribution in [2.75, 3.05) is 5.73 Å². The number of aromatic amines is 1. The lowest BCUT2D eigenvalue weighted by atomic mass is 9.98. The highest BCUT2D eigenvalue weighted by Crippen LogP contribution is 2.27. The minimum absolute atomic E-state index is 0.103. The van der Waals surface area contributed by atoms with Gasteiger partial charge in [0.25, 0.3) is 5.91 Å². The highest BCUT2D eigenvalue weighted by atomic mass is 16.1. The van der Waals surface area contributed by atoms with E-state index in [4.69, 9.17) is 5.73 Å². The Labute approximate surface area is 150 Å². The molecule has 1 heterocycles. The van der Waals surface area contributed by atoms with E-state index in [1.54, 1.807) is 0 Å². The number of carbonyl (C=O) groups is 1. The van der Waals surface area contributed by atoms with Crippen LogP contribution in [0.25, 0.3) is 22.2 Å². The molecule has 1 amide bonds. The molecule has 5 nitrogen and oxygen atoms in total. The molecule has 3 aromatic carbocycles. The maximum absolute atomic E-state index is 12.7. The summed E-state index contributed by atoms with van der Waals surface area (Å²) in [6, 6.07) is 23.2. The number of nitrogens with two attached hydrogens (primary N) is 1. The van der Waals surface area contributed by atoms with Gasteiger partial charge in [0, 0.05) is 12.1 Å². The summed E-state index contributed by atoms with van der Waals surface area (Å²) in [5.74, 6) is 0.278. The molecular weight excluding hydrogens is 324 g/mol. The third-order valence-electron chi connectivity index (χ3n) is 4.28. The number of carbonyl (C=O) groups excluding carboxylic acids is 1. The summed E-state index contributed by atoms with van der Waals surface area (Å²) in [5.41, 5.74) is 10.9. The standard InChI is InChI=1S/C21H18N4O/c22-21-24-18-11-10-15(12-19(18)25-21)16-8-4-5-9-17(16)20(26)23-13-14-6-2-1-3-7-14/h1-12H,13H2,(H,23,26)(H3,22,24,25). The van der Waals surface area contributed by atoms with Gasteiger partial charge < -0.3 is 16.0 Å². The molecule has 5 heteroatoms. The summed E-state index contributed by atoms with van der Waals surface area (Å²) in [4.78, 5) is 20.0. The molecule has 0 radical (unpaired) electrons. The fourth-order valence-electron chi connectivity index (χ4n) is 3.00. The smallest absolute Gasteiger partial charge is 0.252 e. The van der Waals surface area contributed by atoms with E-state index < -0.39 is 0 Å². The van der Waals surface area contributed by atoms with Crippen LogP contribution in [0, 0.1) is 0 Å². The topological polar surface area (TPSA) is 83.8 Å². The van der Waals surface area contributed by atoms with E-state index >= 15 is 0 Å². The summed E-state index contributed by atoms with van der Waals surface area (Å²) >= 11 is 0. The molecule has 0 saturated carbocycles. The van der Waals surface area contributed by atoms with Crippen molar-refractivity contribution >= 4 is 22.9 Å². The maximum Gasteiger partial charge on any atom is 0.252 e. The monoisotopic (exact) mass is 342 g/mol. The molecule has 0 aliphatic carbocycles. The Morgan fingerprint density at radius 3 is 2.62 bits per heavy atom. The number of hydrogen-bond acceptors (Lipinski definition) is 3. The van der Waals surface area contributed by atoms with E-state index in [1.807, 2.05) is 72.8 Å². The van der Waals surface area contributed by atoms with Crippen molar-refractivity contribution in [3.8, 4) is 11.1 Å². The molecule has 0 saturated heterocycles. The summed E-state index contributed by atoms with van der Waals surface area (Å²) in [5, 5.41) is 2.99. The Balaban J connectivity index is 1.64. The molecular formula is C21H18N4O. The van der Waals surface area contributed by atoms with Crippen molar-refractivity contribution in [2.45, 2.75) is 6.54 Å². The lowest BCUT2D eigenvalue weighted by Crippen LogP contribution is -2.23. The number of hydrogen-bond donors (Lipinski definition) is 3. The minimum Gasteiger partial charge on any atom is -0.369 e. The van der Waals surface area contributed by atoms with Gasteiger partial charge in [0.05, 0.1) is 11.0 Å². The van der Waals surface area contributed by atoms with Crippen LogP contribution in [-0.4, -0.2) is 15.9 Å². The van der Waals surface area contributed by atoms with Crippen molar-refractivity contribution in [3.05, 3.63) is 83.9 Å². The zero-order valence-corrected chi connectivity index (χ0v) is 14.1. The van der Waals surface area contributed by atoms with Crippen LogP contribution in [0.3, 0.4) is 0 Å². The fraction of sp³-hybridized carbons (Fsp3) is 0.0476. The normalized spacial score (nSPS) is 10.8. The van der Waals surface area contributed by atoms with Crippen molar-refractivity contribution in [1.82, 2.24) is 15.3 Å². The van der Waals surface area contributed by atoms with Gasteiger partial charge in [-0.15, -0.1) is 0 Å². The summed E-state index contributed by atoms with van der Waals surface area (Å²) in [6.45, 7) is 0.490. The number of nitrogen functional groups attached to an aromatic ring is 1. The van der Waals surface area contributed by atoms with Crippen molar-refractivity contribution < 1.29 is 4.79 Å². The number of H-pyrrole nitrogens is 1. The molecule has 0 bridgehead atoms. The molecule has 0 aliphatic heterocycles. The Hall–Kier alpha value is -3.60. The first-order chi connectivity index (χ1) is 12.7. The number of aromatic nitrogens is 2. The van der Waals surface area contributed by atoms with Crippen LogP contribution in [0.15, 0.2) is 72.8 Å². The van der Waals surface area contributed by atoms with Gasteiger partial charge in [-0.05, 0) is 34.9 Å². The lowest BCUT2D eigenvalue weighted by molar-refractivity contribution is 0.0951. The first-order valence-electron chi connectivity index (χ1n) is 8.37. The highest BCUT2D eigenvalue weighted by Gasteiger charge is 2.13. The number of imidazole rings is 1. The molecule has 128 valence electrons. The Morgan fingerprint density at radius 2 is 1.77 bits per heavy atom. The summed E-state index contributed by atoms with van der Waals surface area (Å²) in [7, 11) is 0. The Bertz CT molecular complexity index is 1070. The van der Waals surface area contributed by atoms with E-state index in [1.165, 1.54) is 0 Å². The van der Waals surface area contributed by atoms with Crippen LogP contribution >= 0.6 is 0 Å². The number of nitrogens with zero attached hydrogens (tertiary/aromatic N) is 1. The van der Waals surface area contributed by atoms with Crippen LogP contribution in [0.1, 0.15) is 15.9 Å². The zero-order valence-electron chi connectivity index (χ0n) is 14.1. The minimum atomic E-state index is -0.103. The number of nitrogens with one attached hydrogen (secondary N) is 2. The number of rotatable bonds is 4. The second kappa shape index (κ2) is 6.72. The predicted octanol–water partition coefficient (Wildman–Crippen LogP) is 3.74. The van der Waals surface area contributed by atoms with Crippen LogP contribution in [0.5, 0.6) is 0 Å². The van der Waals surface area contributed by atoms with Crippen molar-refractivity contribution in [2.24, 2.45) is 0 Å². The molecule has 0 atom stereocenters. The zero-order chi connectivity index (χ0) is 17.9. The summed E-state index contributed by atoms with van der Waals surface area (Å²) < 4.78 is 0. The Morgan fingerprint density at radius 1 is 1.00 bits per heavy atom. The molecule has 0 aliphatic rings. The van der Waals surface area contributed by atoms with Gasteiger partial charge in [0.2, 0.25) is 0 Å². The van der Waals surface area contributed by atoms with Crippen molar-refractivity contribution in [3.63, 3.8) is 0 Å². The Kier molecular flexibility index (Phi) is 4.11. The first-order valence-corrected chi connectivity index (χ1v) is 8.37. The number of amides is 1. The van der Waals surface area contributed by atoms with E-state index in [0.717, 1.165) is 27.7 Å². The average Bonchev–Trinajstić information content (AvgIpc) is 3.06. The van der Waals surface area contributed by atoms with Crippen LogP contribution in [0.2, 0.25) is 0 Å². The lowest BCUT2D eigenvalue weighted by Gasteiger charge is -2.11. The van der Waals surface area contributed by atoms with E-state index in [2.05, 4.69) is 15.3 Å². The van der Waals surface area contributed by atoms with Gasteiger partial charge >= 0.3 is 0 Å². The van der Waals surface area contributed by atoms with Gasteiger partial charge in [-0.1, -0.05) is 54.6 Å².